The van der Waals surface area contributed by atoms with Gasteiger partial charge in [-0.1, -0.05) is 0 Å². The maximum absolute atomic E-state index is 12.7. The van der Waals surface area contributed by atoms with Crippen molar-refractivity contribution in [3.63, 3.8) is 0 Å². The quantitative estimate of drug-likeness (QED) is 0.693. The summed E-state index contributed by atoms with van der Waals surface area (Å²) in [4.78, 5) is 25.7. The summed E-state index contributed by atoms with van der Waals surface area (Å²) in [7, 11) is 0. The molecule has 0 unspecified atom stereocenters. The number of carbonyl (C=O) groups excluding carboxylic acids is 2. The lowest BCUT2D eigenvalue weighted by atomic mass is 10.1. The van der Waals surface area contributed by atoms with E-state index >= 15 is 0 Å². The van der Waals surface area contributed by atoms with Crippen molar-refractivity contribution in [2.75, 3.05) is 19.7 Å². The smallest absolute Gasteiger partial charge is 0.307 e. The molecule has 0 aliphatic carbocycles. The van der Waals surface area contributed by atoms with E-state index in [0.29, 0.717) is 12.2 Å². The first kappa shape index (κ1) is 18.3. The molecule has 1 aromatic heterocycles. The van der Waals surface area contributed by atoms with Crippen LogP contribution in [0.5, 0.6) is 0 Å². The fraction of sp³-hybridized carbons (Fsp3) is 0.316. The van der Waals surface area contributed by atoms with E-state index < -0.39 is 0 Å². The Hall–Kier alpha value is -3.07. The highest BCUT2D eigenvalue weighted by molar-refractivity contribution is 5.94. The van der Waals surface area contributed by atoms with Crippen molar-refractivity contribution >= 4 is 11.9 Å². The van der Waals surface area contributed by atoms with Crippen LogP contribution in [-0.4, -0.2) is 41.0 Å². The average molecular weight is 339 g/mol. The van der Waals surface area contributed by atoms with Crippen molar-refractivity contribution in [3.8, 4) is 11.8 Å². The molecule has 0 saturated carbocycles. The Labute approximate surface area is 147 Å². The molecule has 1 amide bonds. The number of nitriles is 1. The van der Waals surface area contributed by atoms with Crippen LogP contribution in [0.15, 0.2) is 48.8 Å². The zero-order valence-corrected chi connectivity index (χ0v) is 14.2. The van der Waals surface area contributed by atoms with E-state index in [1.54, 1.807) is 19.1 Å². The van der Waals surface area contributed by atoms with E-state index in [9.17, 15) is 9.59 Å². The maximum atomic E-state index is 12.7. The second kappa shape index (κ2) is 9.28. The molecular formula is C19H21N3O3. The third-order valence-electron chi connectivity index (χ3n) is 3.69. The zero-order chi connectivity index (χ0) is 18.1. The fourth-order valence-electron chi connectivity index (χ4n) is 2.42. The van der Waals surface area contributed by atoms with Gasteiger partial charge in [-0.3, -0.25) is 9.59 Å². The summed E-state index contributed by atoms with van der Waals surface area (Å²) < 4.78 is 6.84. The molecule has 1 heterocycles. The summed E-state index contributed by atoms with van der Waals surface area (Å²) >= 11 is 0. The highest BCUT2D eigenvalue weighted by atomic mass is 16.5. The van der Waals surface area contributed by atoms with E-state index in [2.05, 4.69) is 0 Å². The molecule has 0 atom stereocenters. The maximum Gasteiger partial charge on any atom is 0.307 e. The van der Waals surface area contributed by atoms with Gasteiger partial charge in [-0.2, -0.15) is 5.26 Å². The molecule has 1 aromatic carbocycles. The number of nitrogens with zero attached hydrogens (tertiary/aromatic N) is 3. The minimum absolute atomic E-state index is 0.118. The predicted octanol–water partition coefficient (Wildman–Crippen LogP) is 2.79. The number of ether oxygens (including phenoxy) is 1. The molecule has 2 aromatic rings. The van der Waals surface area contributed by atoms with Crippen LogP contribution in [0.1, 0.15) is 30.1 Å². The van der Waals surface area contributed by atoms with Crippen molar-refractivity contribution in [2.45, 2.75) is 19.8 Å². The van der Waals surface area contributed by atoms with Crippen molar-refractivity contribution in [1.82, 2.24) is 9.47 Å². The van der Waals surface area contributed by atoms with Crippen LogP contribution in [0.2, 0.25) is 0 Å². The van der Waals surface area contributed by atoms with Gasteiger partial charge in [-0.05, 0) is 43.3 Å². The fourth-order valence-corrected chi connectivity index (χ4v) is 2.42. The Morgan fingerprint density at radius 1 is 1.16 bits per heavy atom. The third-order valence-corrected chi connectivity index (χ3v) is 3.69. The minimum Gasteiger partial charge on any atom is -0.466 e. The molecule has 0 fully saturated rings. The van der Waals surface area contributed by atoms with Gasteiger partial charge >= 0.3 is 5.97 Å². The van der Waals surface area contributed by atoms with Gasteiger partial charge in [-0.15, -0.1) is 0 Å². The van der Waals surface area contributed by atoms with Gasteiger partial charge in [-0.25, -0.2) is 0 Å². The second-order valence-corrected chi connectivity index (χ2v) is 5.39. The summed E-state index contributed by atoms with van der Waals surface area (Å²) in [6, 6.07) is 13.1. The molecule has 0 spiro atoms. The van der Waals surface area contributed by atoms with E-state index in [1.165, 1.54) is 4.90 Å². The molecule has 0 saturated heterocycles. The number of rotatable bonds is 8. The number of esters is 1. The molecule has 130 valence electrons. The number of aromatic nitrogens is 1. The first-order valence-electron chi connectivity index (χ1n) is 8.21. The number of hydrogen-bond donors (Lipinski definition) is 0. The molecule has 0 N–H and O–H groups in total. The summed E-state index contributed by atoms with van der Waals surface area (Å²) in [5.41, 5.74) is 1.48. The van der Waals surface area contributed by atoms with Crippen LogP contribution in [-0.2, 0) is 9.53 Å². The van der Waals surface area contributed by atoms with Crippen LogP contribution in [0.4, 0.5) is 0 Å². The van der Waals surface area contributed by atoms with Crippen molar-refractivity contribution in [2.24, 2.45) is 0 Å². The lowest BCUT2D eigenvalue weighted by Gasteiger charge is -2.21. The first-order chi connectivity index (χ1) is 12.2. The zero-order valence-electron chi connectivity index (χ0n) is 14.2. The third kappa shape index (κ3) is 5.21. The van der Waals surface area contributed by atoms with Gasteiger partial charge in [0.2, 0.25) is 0 Å². The Kier molecular flexibility index (Phi) is 6.78. The Balaban J connectivity index is 2.06. The van der Waals surface area contributed by atoms with E-state index in [0.717, 1.165) is 5.69 Å². The Morgan fingerprint density at radius 3 is 2.44 bits per heavy atom. The Bertz CT molecular complexity index is 730. The van der Waals surface area contributed by atoms with Gasteiger partial charge in [0.1, 0.15) is 0 Å². The molecule has 6 nitrogen and oxygen atoms in total. The second-order valence-electron chi connectivity index (χ2n) is 5.39. The normalized spacial score (nSPS) is 10.1. The highest BCUT2D eigenvalue weighted by Gasteiger charge is 2.17. The van der Waals surface area contributed by atoms with E-state index in [1.807, 2.05) is 47.3 Å². The highest BCUT2D eigenvalue weighted by Crippen LogP contribution is 2.12. The molecule has 6 heteroatoms. The summed E-state index contributed by atoms with van der Waals surface area (Å²) in [6.07, 6.45) is 4.19. The van der Waals surface area contributed by atoms with Gasteiger partial charge in [0.05, 0.1) is 25.5 Å². The lowest BCUT2D eigenvalue weighted by molar-refractivity contribution is -0.143. The molecular weight excluding hydrogens is 318 g/mol. The molecule has 0 radical (unpaired) electrons. The summed E-state index contributed by atoms with van der Waals surface area (Å²) in [6.45, 7) is 2.57. The van der Waals surface area contributed by atoms with Gasteiger partial charge in [0.15, 0.2) is 0 Å². The van der Waals surface area contributed by atoms with Crippen molar-refractivity contribution in [3.05, 3.63) is 54.4 Å². The molecule has 0 aliphatic rings. The van der Waals surface area contributed by atoms with Crippen LogP contribution in [0.3, 0.4) is 0 Å². The average Bonchev–Trinajstić information content (AvgIpc) is 3.16. The lowest BCUT2D eigenvalue weighted by Crippen LogP contribution is -2.34. The van der Waals surface area contributed by atoms with Crippen molar-refractivity contribution in [1.29, 1.82) is 5.26 Å². The van der Waals surface area contributed by atoms with Crippen LogP contribution in [0, 0.1) is 11.3 Å². The van der Waals surface area contributed by atoms with E-state index in [4.69, 9.17) is 10.00 Å². The molecule has 0 bridgehead atoms. The van der Waals surface area contributed by atoms with Gasteiger partial charge < -0.3 is 14.2 Å². The van der Waals surface area contributed by atoms with Crippen molar-refractivity contribution < 1.29 is 14.3 Å². The summed E-state index contributed by atoms with van der Waals surface area (Å²) in [5.74, 6) is -0.543. The monoisotopic (exact) mass is 339 g/mol. The van der Waals surface area contributed by atoms with Gasteiger partial charge in [0.25, 0.3) is 5.91 Å². The minimum atomic E-state index is -0.347. The largest absolute Gasteiger partial charge is 0.466 e. The number of amides is 1. The predicted molar refractivity (Wildman–Crippen MR) is 93.2 cm³/mol. The van der Waals surface area contributed by atoms with Gasteiger partial charge in [0, 0.05) is 36.7 Å². The number of hydrogen-bond acceptors (Lipinski definition) is 4. The van der Waals surface area contributed by atoms with Crippen LogP contribution in [0.25, 0.3) is 5.69 Å². The molecule has 0 aliphatic heterocycles. The molecule has 25 heavy (non-hydrogen) atoms. The Morgan fingerprint density at radius 2 is 1.84 bits per heavy atom. The number of carbonyl (C=O) groups is 2. The van der Waals surface area contributed by atoms with E-state index in [-0.39, 0.29) is 37.8 Å². The SMILES string of the molecule is CCOC(=O)CCN(CCC#N)C(=O)c1ccc(-n2cccc2)cc1. The van der Waals surface area contributed by atoms with Crippen LogP contribution >= 0.6 is 0 Å². The first-order valence-corrected chi connectivity index (χ1v) is 8.21. The summed E-state index contributed by atoms with van der Waals surface area (Å²) in [5, 5.41) is 8.79. The molecule has 2 rings (SSSR count). The standard InChI is InChI=1S/C19H21N3O3/c1-2-25-18(23)10-15-22(14-5-11-20)19(24)16-6-8-17(9-7-16)21-12-3-4-13-21/h3-4,6-9,12-13H,2,5,10,14-15H2,1H3. The topological polar surface area (TPSA) is 75.3 Å². The van der Waals surface area contributed by atoms with Crippen LogP contribution < -0.4 is 0 Å². The number of benzene rings is 1.